The molecule has 5 aromatic rings. The number of nitrogens with zero attached hydrogens (tertiary/aromatic N) is 4. The zero-order chi connectivity index (χ0) is 32.2. The second kappa shape index (κ2) is 13.3. The Hall–Kier alpha value is -5.43. The van der Waals surface area contributed by atoms with Gasteiger partial charge in [0.1, 0.15) is 17.0 Å². The van der Waals surface area contributed by atoms with Crippen molar-refractivity contribution in [2.24, 2.45) is 11.7 Å². The van der Waals surface area contributed by atoms with Crippen LogP contribution in [0.4, 0.5) is 5.95 Å². The largest absolute Gasteiger partial charge is 0.491 e. The van der Waals surface area contributed by atoms with Crippen LogP contribution in [-0.2, 0) is 11.3 Å². The first-order valence-corrected chi connectivity index (χ1v) is 15.2. The van der Waals surface area contributed by atoms with Crippen molar-refractivity contribution in [3.05, 3.63) is 83.2 Å². The Bertz CT molecular complexity index is 1930. The number of fused-ring (bicyclic) bond motifs is 2. The highest BCUT2D eigenvalue weighted by atomic mass is 16.5. The minimum atomic E-state index is -0.628. The first kappa shape index (κ1) is 30.6. The third-order valence-corrected chi connectivity index (χ3v) is 7.76. The van der Waals surface area contributed by atoms with Crippen molar-refractivity contribution in [3.8, 4) is 5.75 Å². The number of aryl methyl sites for hydroxylation is 2. The molecule has 1 saturated heterocycles. The zero-order valence-electron chi connectivity index (χ0n) is 25.7. The van der Waals surface area contributed by atoms with Crippen LogP contribution in [0.5, 0.6) is 5.75 Å². The van der Waals surface area contributed by atoms with E-state index in [2.05, 4.69) is 26.1 Å². The molecule has 5 N–H and O–H groups in total. The Morgan fingerprint density at radius 1 is 1.00 bits per heavy atom. The van der Waals surface area contributed by atoms with Crippen molar-refractivity contribution in [2.45, 2.75) is 26.8 Å². The van der Waals surface area contributed by atoms with E-state index in [1.807, 2.05) is 56.3 Å². The summed E-state index contributed by atoms with van der Waals surface area (Å²) in [5.41, 5.74) is 11.8. The number of hydrogen-bond donors (Lipinski definition) is 4. The van der Waals surface area contributed by atoms with Crippen molar-refractivity contribution < 1.29 is 23.9 Å². The number of nitrogens with two attached hydrogens (primary N) is 1. The molecule has 0 spiro atoms. The molecule has 238 valence electrons. The number of imidazole rings is 1. The fourth-order valence-corrected chi connectivity index (χ4v) is 5.30. The number of rotatable bonds is 13. The standard InChI is InChI=1S/C33H36N8O5/c1-3-40-27(13-20(2)39-40)32(44)38-33-37-26-15-25(30(34)42)16-28(46-19-21-17-45-18-21)29(26)41(33)36-12-6-11-35-31(43)24-10-9-22-7-4-5-8-23(22)14-24/h4-5,7-10,13-16,21,36H,3,6,11-12,17-19H2,1-2H3,(H2,34,42)(H,35,43)(H,37,38,44). The van der Waals surface area contributed by atoms with E-state index in [-0.39, 0.29) is 23.3 Å². The summed E-state index contributed by atoms with van der Waals surface area (Å²) in [6.45, 7) is 6.60. The fourth-order valence-electron chi connectivity index (χ4n) is 5.30. The molecule has 6 rings (SSSR count). The predicted octanol–water partition coefficient (Wildman–Crippen LogP) is 3.45. The smallest absolute Gasteiger partial charge is 0.276 e. The van der Waals surface area contributed by atoms with Gasteiger partial charge in [0.25, 0.3) is 11.8 Å². The molecule has 0 radical (unpaired) electrons. The molecule has 0 aliphatic carbocycles. The lowest BCUT2D eigenvalue weighted by atomic mass is 10.1. The van der Waals surface area contributed by atoms with E-state index in [4.69, 9.17) is 15.2 Å². The van der Waals surface area contributed by atoms with E-state index in [0.29, 0.717) is 79.6 Å². The molecule has 3 aromatic carbocycles. The lowest BCUT2D eigenvalue weighted by Crippen LogP contribution is -2.32. The summed E-state index contributed by atoms with van der Waals surface area (Å²) in [7, 11) is 0. The topological polar surface area (TPSA) is 167 Å². The molecular weight excluding hydrogens is 588 g/mol. The Morgan fingerprint density at radius 2 is 1.80 bits per heavy atom. The van der Waals surface area contributed by atoms with Crippen LogP contribution in [0.3, 0.4) is 0 Å². The van der Waals surface area contributed by atoms with E-state index >= 15 is 0 Å². The quantitative estimate of drug-likeness (QED) is 0.145. The van der Waals surface area contributed by atoms with Crippen LogP contribution >= 0.6 is 0 Å². The molecule has 3 heterocycles. The summed E-state index contributed by atoms with van der Waals surface area (Å²) in [6.07, 6.45) is 0.559. The van der Waals surface area contributed by atoms with Crippen LogP contribution < -0.4 is 26.5 Å². The number of hydrogen-bond acceptors (Lipinski definition) is 8. The van der Waals surface area contributed by atoms with E-state index in [9.17, 15) is 14.4 Å². The van der Waals surface area contributed by atoms with Gasteiger partial charge in [-0.2, -0.15) is 5.10 Å². The van der Waals surface area contributed by atoms with Gasteiger partial charge in [0, 0.05) is 36.7 Å². The number of primary amides is 1. The van der Waals surface area contributed by atoms with Crippen LogP contribution in [-0.4, -0.2) is 70.1 Å². The molecular formula is C33H36N8O5. The number of carbonyl (C=O) groups is 3. The predicted molar refractivity (Wildman–Crippen MR) is 174 cm³/mol. The van der Waals surface area contributed by atoms with E-state index in [1.54, 1.807) is 27.6 Å². The van der Waals surface area contributed by atoms with Gasteiger partial charge in [-0.05, 0) is 61.4 Å². The fraction of sp³-hybridized carbons (Fsp3) is 0.303. The van der Waals surface area contributed by atoms with Gasteiger partial charge in [0.15, 0.2) is 0 Å². The Kier molecular flexibility index (Phi) is 8.83. The van der Waals surface area contributed by atoms with Crippen molar-refractivity contribution in [2.75, 3.05) is 43.7 Å². The average molecular weight is 625 g/mol. The molecule has 0 saturated carbocycles. The summed E-state index contributed by atoms with van der Waals surface area (Å²) < 4.78 is 14.7. The second-order valence-corrected chi connectivity index (χ2v) is 11.2. The second-order valence-electron chi connectivity index (χ2n) is 11.2. The SMILES string of the molecule is CCn1nc(C)cc1C(=O)Nc1nc2cc(C(N)=O)cc(OCC3COC3)c2n1NCCCNC(=O)c1ccc2ccccc2c1. The summed E-state index contributed by atoms with van der Waals surface area (Å²) in [4.78, 5) is 43.1. The molecule has 2 aromatic heterocycles. The van der Waals surface area contributed by atoms with Crippen LogP contribution in [0.25, 0.3) is 21.8 Å². The highest BCUT2D eigenvalue weighted by Crippen LogP contribution is 2.31. The van der Waals surface area contributed by atoms with Crippen molar-refractivity contribution in [3.63, 3.8) is 0 Å². The minimum Gasteiger partial charge on any atom is -0.491 e. The normalized spacial score (nSPS) is 13.0. The van der Waals surface area contributed by atoms with Crippen molar-refractivity contribution >= 4 is 45.5 Å². The van der Waals surface area contributed by atoms with Gasteiger partial charge in [-0.15, -0.1) is 0 Å². The Morgan fingerprint density at radius 3 is 2.54 bits per heavy atom. The number of amides is 3. The van der Waals surface area contributed by atoms with Gasteiger partial charge >= 0.3 is 0 Å². The maximum atomic E-state index is 13.4. The highest BCUT2D eigenvalue weighted by Gasteiger charge is 2.24. The number of nitrogens with one attached hydrogen (secondary N) is 3. The Balaban J connectivity index is 1.22. The monoisotopic (exact) mass is 624 g/mol. The molecule has 3 amide bonds. The van der Waals surface area contributed by atoms with Crippen molar-refractivity contribution in [1.29, 1.82) is 0 Å². The number of anilines is 1. The minimum absolute atomic E-state index is 0.163. The average Bonchev–Trinajstić information content (AvgIpc) is 3.58. The third kappa shape index (κ3) is 6.49. The maximum Gasteiger partial charge on any atom is 0.276 e. The van der Waals surface area contributed by atoms with Gasteiger partial charge in [-0.25, -0.2) is 9.66 Å². The van der Waals surface area contributed by atoms with E-state index in [0.717, 1.165) is 10.8 Å². The molecule has 1 aliphatic rings. The summed E-state index contributed by atoms with van der Waals surface area (Å²) >= 11 is 0. The number of aromatic nitrogens is 4. The molecule has 46 heavy (non-hydrogen) atoms. The van der Waals surface area contributed by atoms with E-state index < -0.39 is 11.8 Å². The van der Waals surface area contributed by atoms with Gasteiger partial charge in [-0.3, -0.25) is 24.4 Å². The lowest BCUT2D eigenvalue weighted by Gasteiger charge is -2.26. The van der Waals surface area contributed by atoms with Gasteiger partial charge in [0.05, 0.1) is 31.0 Å². The third-order valence-electron chi connectivity index (χ3n) is 7.76. The molecule has 1 fully saturated rings. The van der Waals surface area contributed by atoms with Crippen LogP contribution in [0.15, 0.2) is 60.7 Å². The number of ether oxygens (including phenoxy) is 2. The molecule has 0 unspecified atom stereocenters. The maximum absolute atomic E-state index is 13.4. The highest BCUT2D eigenvalue weighted by molar-refractivity contribution is 6.04. The van der Waals surface area contributed by atoms with Gasteiger partial charge < -0.3 is 25.9 Å². The Labute approximate surface area is 265 Å². The van der Waals surface area contributed by atoms with Crippen LogP contribution in [0.1, 0.15) is 50.2 Å². The lowest BCUT2D eigenvalue weighted by molar-refractivity contribution is -0.0506. The first-order chi connectivity index (χ1) is 22.3. The first-order valence-electron chi connectivity index (χ1n) is 15.2. The molecule has 0 atom stereocenters. The molecule has 1 aliphatic heterocycles. The molecule has 0 bridgehead atoms. The number of benzene rings is 3. The van der Waals surface area contributed by atoms with Crippen molar-refractivity contribution in [1.82, 2.24) is 24.8 Å². The van der Waals surface area contributed by atoms with E-state index in [1.165, 1.54) is 0 Å². The van der Waals surface area contributed by atoms with Gasteiger partial charge in [-0.1, -0.05) is 30.3 Å². The van der Waals surface area contributed by atoms with Crippen LogP contribution in [0.2, 0.25) is 0 Å². The summed E-state index contributed by atoms with van der Waals surface area (Å²) in [5.74, 6) is -0.384. The molecule has 13 heteroatoms. The summed E-state index contributed by atoms with van der Waals surface area (Å²) in [6, 6.07) is 18.4. The number of carbonyl (C=O) groups excluding carboxylic acids is 3. The summed E-state index contributed by atoms with van der Waals surface area (Å²) in [5, 5.41) is 12.3. The van der Waals surface area contributed by atoms with Crippen LogP contribution in [0, 0.1) is 12.8 Å². The molecule has 13 nitrogen and oxygen atoms in total. The van der Waals surface area contributed by atoms with Gasteiger partial charge in [0.2, 0.25) is 11.9 Å². The zero-order valence-corrected chi connectivity index (χ0v) is 25.7.